The number of anilines is 3. The number of hydrogen-bond donors (Lipinski definition) is 4. The van der Waals surface area contributed by atoms with Crippen LogP contribution in [0, 0.1) is 58.2 Å². The molecule has 3 aromatic rings. The molecule has 32 heavy (non-hydrogen) atoms. The molecule has 2 aromatic carbocycles. The lowest BCUT2D eigenvalue weighted by Gasteiger charge is -2.02. The maximum Gasteiger partial charge on any atom is 0.200 e. The summed E-state index contributed by atoms with van der Waals surface area (Å²) in [6.45, 7) is 0. The molecule has 172 valence electrons. The Kier molecular flexibility index (Phi) is 6.80. The summed E-state index contributed by atoms with van der Waals surface area (Å²) in [7, 11) is 0. The number of nitrogens with zero attached hydrogens (tertiary/aromatic N) is 3. The van der Waals surface area contributed by atoms with Crippen LogP contribution >= 0.6 is 0 Å². The van der Waals surface area contributed by atoms with Gasteiger partial charge in [-0.15, -0.1) is 10.2 Å². The first kappa shape index (κ1) is 24.2. The van der Waals surface area contributed by atoms with Crippen molar-refractivity contribution >= 4 is 28.7 Å². The van der Waals surface area contributed by atoms with E-state index < -0.39 is 69.5 Å². The average molecular weight is 475 g/mol. The summed E-state index contributed by atoms with van der Waals surface area (Å²) in [5.41, 5.74) is 12.1. The third-order valence-electron chi connectivity index (χ3n) is 3.47. The molecule has 0 unspecified atom stereocenters. The van der Waals surface area contributed by atoms with Crippen molar-refractivity contribution in [1.82, 2.24) is 10.2 Å². The zero-order valence-corrected chi connectivity index (χ0v) is 14.9. The van der Waals surface area contributed by atoms with E-state index in [0.717, 1.165) is 0 Å². The van der Waals surface area contributed by atoms with Gasteiger partial charge in [-0.2, -0.15) is 5.10 Å². The number of aromatic nitrogens is 2. The number of H-pyrrole nitrogens is 1. The molecule has 1 heterocycles. The smallest absolute Gasteiger partial charge is 0.200 e. The fourth-order valence-electron chi connectivity index (χ4n) is 1.87. The van der Waals surface area contributed by atoms with Gasteiger partial charge >= 0.3 is 0 Å². The average Bonchev–Trinajstić information content (AvgIpc) is 3.10. The van der Waals surface area contributed by atoms with Crippen molar-refractivity contribution in [3.8, 4) is 0 Å². The van der Waals surface area contributed by atoms with E-state index in [0.29, 0.717) is 0 Å². The normalized spacial score (nSPS) is 11.1. The van der Waals surface area contributed by atoms with E-state index in [1.165, 1.54) is 0 Å². The Balaban J connectivity index is 0.000000258. The van der Waals surface area contributed by atoms with Gasteiger partial charge < -0.3 is 17.2 Å². The molecule has 0 bridgehead atoms. The molecule has 7 nitrogen and oxygen atoms in total. The highest BCUT2D eigenvalue weighted by Crippen LogP contribution is 2.33. The van der Waals surface area contributed by atoms with Crippen LogP contribution in [0.25, 0.3) is 0 Å². The van der Waals surface area contributed by atoms with Crippen molar-refractivity contribution < 1.29 is 43.9 Å². The summed E-state index contributed by atoms with van der Waals surface area (Å²) >= 11 is 0. The first-order valence-electron chi connectivity index (χ1n) is 7.60. The van der Waals surface area contributed by atoms with Crippen molar-refractivity contribution in [1.29, 1.82) is 0 Å². The van der Waals surface area contributed by atoms with Gasteiger partial charge in [0.2, 0.25) is 11.6 Å². The van der Waals surface area contributed by atoms with Gasteiger partial charge in [0, 0.05) is 0 Å². The lowest BCUT2D eigenvalue weighted by Crippen LogP contribution is -2.05. The lowest BCUT2D eigenvalue weighted by molar-refractivity contribution is 0.380. The van der Waals surface area contributed by atoms with Crippen molar-refractivity contribution in [2.24, 2.45) is 10.2 Å². The summed E-state index contributed by atoms with van der Waals surface area (Å²) in [4.78, 5) is 0. The monoisotopic (exact) mass is 475 g/mol. The van der Waals surface area contributed by atoms with Gasteiger partial charge in [0.25, 0.3) is 0 Å². The number of rotatable bonds is 2. The molecule has 0 aliphatic carbocycles. The van der Waals surface area contributed by atoms with Crippen molar-refractivity contribution in [3.63, 3.8) is 0 Å². The molecule has 0 saturated carbocycles. The Morgan fingerprint density at radius 2 is 0.844 bits per heavy atom. The fourth-order valence-corrected chi connectivity index (χ4v) is 1.87. The molecule has 0 amide bonds. The van der Waals surface area contributed by atoms with Crippen LogP contribution in [0.1, 0.15) is 0 Å². The summed E-state index contributed by atoms with van der Waals surface area (Å²) in [6.07, 6.45) is 0. The van der Waals surface area contributed by atoms with E-state index in [1.54, 1.807) is 0 Å². The van der Waals surface area contributed by atoms with Crippen LogP contribution in [0.4, 0.5) is 72.6 Å². The topological polar surface area (TPSA) is 131 Å². The second-order valence-corrected chi connectivity index (χ2v) is 5.47. The summed E-state index contributed by atoms with van der Waals surface area (Å²) in [5.74, 6) is -21.5. The van der Waals surface area contributed by atoms with E-state index in [-0.39, 0.29) is 17.3 Å². The van der Waals surface area contributed by atoms with Crippen LogP contribution < -0.4 is 17.2 Å². The highest BCUT2D eigenvalue weighted by molar-refractivity contribution is 5.70. The van der Waals surface area contributed by atoms with Crippen molar-refractivity contribution in [3.05, 3.63) is 58.2 Å². The maximum absolute atomic E-state index is 13.3. The molecule has 1 aromatic heterocycles. The summed E-state index contributed by atoms with van der Waals surface area (Å²) in [6, 6.07) is 0. The third kappa shape index (κ3) is 4.21. The minimum atomic E-state index is -2.29. The van der Waals surface area contributed by atoms with Crippen molar-refractivity contribution in [2.75, 3.05) is 17.2 Å². The Bertz CT molecular complexity index is 1070. The van der Waals surface area contributed by atoms with E-state index in [4.69, 9.17) is 11.5 Å². The van der Waals surface area contributed by atoms with E-state index in [1.807, 2.05) is 0 Å². The van der Waals surface area contributed by atoms with Gasteiger partial charge in [-0.25, -0.2) is 43.9 Å². The quantitative estimate of drug-likeness (QED) is 0.141. The third-order valence-corrected chi connectivity index (χ3v) is 3.47. The van der Waals surface area contributed by atoms with E-state index in [2.05, 4.69) is 26.2 Å². The molecular weight excluding hydrogens is 468 g/mol. The second kappa shape index (κ2) is 8.98. The number of benzene rings is 2. The molecular formula is C15H7F10N7. The predicted molar refractivity (Wildman–Crippen MR) is 88.5 cm³/mol. The first-order chi connectivity index (χ1) is 14.8. The lowest BCUT2D eigenvalue weighted by atomic mass is 10.2. The van der Waals surface area contributed by atoms with Crippen LogP contribution in [0.15, 0.2) is 10.2 Å². The van der Waals surface area contributed by atoms with Crippen molar-refractivity contribution in [2.45, 2.75) is 0 Å². The van der Waals surface area contributed by atoms with Gasteiger partial charge in [-0.3, -0.25) is 5.10 Å². The molecule has 0 saturated heterocycles. The largest absolute Gasteiger partial charge is 0.394 e. The molecule has 0 fully saturated rings. The molecule has 17 heteroatoms. The number of azo groups is 1. The minimum Gasteiger partial charge on any atom is -0.394 e. The van der Waals surface area contributed by atoms with Gasteiger partial charge in [-0.05, 0) is 0 Å². The predicted octanol–water partition coefficient (Wildman–Crippen LogP) is 4.65. The summed E-state index contributed by atoms with van der Waals surface area (Å²) in [5, 5.41) is 11.7. The number of aromatic amines is 1. The van der Waals surface area contributed by atoms with Gasteiger partial charge in [0.15, 0.2) is 63.7 Å². The molecule has 0 atom stereocenters. The number of nitrogens with one attached hydrogen (secondary N) is 1. The van der Waals surface area contributed by atoms with Crippen LogP contribution in [-0.2, 0) is 0 Å². The minimum absolute atomic E-state index is 0.185. The molecule has 7 N–H and O–H groups in total. The SMILES string of the molecule is Nc1c(F)c(F)c(F)c(F)c1F.Nc1n[nH]c(N)c1N=Nc1c(F)c(F)c(F)c(F)c1F. The van der Waals surface area contributed by atoms with Crippen LogP contribution in [0.2, 0.25) is 0 Å². The second-order valence-electron chi connectivity index (χ2n) is 5.47. The van der Waals surface area contributed by atoms with Gasteiger partial charge in [-0.1, -0.05) is 0 Å². The number of nitrogen functional groups attached to an aromatic ring is 3. The Morgan fingerprint density at radius 1 is 0.500 bits per heavy atom. The molecule has 0 aliphatic rings. The highest BCUT2D eigenvalue weighted by Gasteiger charge is 2.26. The number of halogens is 10. The molecule has 0 radical (unpaired) electrons. The number of hydrogen-bond acceptors (Lipinski definition) is 6. The Labute approximate surface area is 169 Å². The Morgan fingerprint density at radius 3 is 1.22 bits per heavy atom. The number of nitrogens with two attached hydrogens (primary N) is 3. The Hall–Kier alpha value is -4.05. The highest BCUT2D eigenvalue weighted by atomic mass is 19.2. The maximum atomic E-state index is 13.3. The van der Waals surface area contributed by atoms with Crippen LogP contribution in [0.5, 0.6) is 0 Å². The van der Waals surface area contributed by atoms with E-state index >= 15 is 0 Å². The van der Waals surface area contributed by atoms with Crippen LogP contribution in [0.3, 0.4) is 0 Å². The first-order valence-corrected chi connectivity index (χ1v) is 7.60. The van der Waals surface area contributed by atoms with Crippen LogP contribution in [-0.4, -0.2) is 10.2 Å². The summed E-state index contributed by atoms with van der Waals surface area (Å²) < 4.78 is 126. The molecule has 0 aliphatic heterocycles. The molecule has 0 spiro atoms. The standard InChI is InChI=1S/C9H5F5N6.C6H2F5N/c10-1-2(11)4(13)6(5(14)3(1)12)17-18-7-8(15)19-20-9(7)16;7-1-2(8)4(10)6(12)5(11)3(1)9/h(H5,15,16,19,20);12H2. The fraction of sp³-hybridized carbons (Fsp3) is 0. The van der Waals surface area contributed by atoms with E-state index in [9.17, 15) is 43.9 Å². The zero-order chi connectivity index (χ0) is 24.5. The zero-order valence-electron chi connectivity index (χ0n) is 14.9. The molecule has 3 rings (SSSR count). The van der Waals surface area contributed by atoms with Gasteiger partial charge in [0.05, 0.1) is 0 Å². The van der Waals surface area contributed by atoms with Gasteiger partial charge in [0.1, 0.15) is 11.5 Å².